The first-order chi connectivity index (χ1) is 5.24. The van der Waals surface area contributed by atoms with Crippen molar-refractivity contribution in [1.82, 2.24) is 4.98 Å². The lowest BCUT2D eigenvalue weighted by atomic mass is 10.2. The van der Waals surface area contributed by atoms with E-state index in [1.807, 2.05) is 13.0 Å². The average Bonchev–Trinajstić information content (AvgIpc) is 1.95. The molecular weight excluding hydrogens is 255 g/mol. The van der Waals surface area contributed by atoms with E-state index in [2.05, 4.69) is 32.7 Å². The molecule has 11 heavy (non-hydrogen) atoms. The molecule has 3 nitrogen and oxygen atoms in total. The molecule has 0 radical (unpaired) electrons. The summed E-state index contributed by atoms with van der Waals surface area (Å²) >= 11 is 2.13. The second kappa shape index (κ2) is 3.66. The van der Waals surface area contributed by atoms with Gasteiger partial charge in [0.1, 0.15) is 3.70 Å². The lowest BCUT2D eigenvalue weighted by Crippen LogP contribution is -1.90. The van der Waals surface area contributed by atoms with Crippen LogP contribution in [0.2, 0.25) is 0 Å². The first kappa shape index (κ1) is 8.45. The predicted octanol–water partition coefficient (Wildman–Crippen LogP) is 1.80. The van der Waals surface area contributed by atoms with E-state index in [-0.39, 0.29) is 0 Å². The van der Waals surface area contributed by atoms with Crippen molar-refractivity contribution in [1.29, 1.82) is 0 Å². The summed E-state index contributed by atoms with van der Waals surface area (Å²) in [6, 6.07) is 1.93. The number of hydrogen-bond acceptors (Lipinski definition) is 3. The minimum atomic E-state index is 0.841. The van der Waals surface area contributed by atoms with Crippen molar-refractivity contribution < 1.29 is 5.21 Å². The van der Waals surface area contributed by atoms with Gasteiger partial charge < -0.3 is 5.21 Å². The van der Waals surface area contributed by atoms with E-state index in [4.69, 9.17) is 5.21 Å². The molecule has 0 unspecified atom stereocenters. The molecule has 0 aliphatic heterocycles. The second-order valence-electron chi connectivity index (χ2n) is 2.11. The number of rotatable bonds is 1. The highest BCUT2D eigenvalue weighted by Gasteiger charge is 1.95. The lowest BCUT2D eigenvalue weighted by molar-refractivity contribution is 0.322. The molecular formula is C7H7IN2O. The van der Waals surface area contributed by atoms with Crippen LogP contribution in [-0.2, 0) is 0 Å². The molecule has 0 amide bonds. The number of nitrogens with zero attached hydrogens (tertiary/aromatic N) is 2. The van der Waals surface area contributed by atoms with Crippen LogP contribution < -0.4 is 0 Å². The summed E-state index contributed by atoms with van der Waals surface area (Å²) < 4.78 is 0.940. The third kappa shape index (κ3) is 2.14. The first-order valence-electron chi connectivity index (χ1n) is 3.03. The van der Waals surface area contributed by atoms with Crippen LogP contribution in [0.15, 0.2) is 17.4 Å². The number of aryl methyl sites for hydroxylation is 1. The van der Waals surface area contributed by atoms with Crippen molar-refractivity contribution in [3.63, 3.8) is 0 Å². The zero-order valence-corrected chi connectivity index (χ0v) is 8.11. The van der Waals surface area contributed by atoms with Gasteiger partial charge in [-0.15, -0.1) is 0 Å². The molecule has 0 bridgehead atoms. The van der Waals surface area contributed by atoms with E-state index in [1.165, 1.54) is 6.21 Å². The molecule has 1 heterocycles. The second-order valence-corrected chi connectivity index (χ2v) is 3.21. The maximum atomic E-state index is 8.25. The fourth-order valence-electron chi connectivity index (χ4n) is 0.730. The Balaban J connectivity index is 3.09. The molecule has 1 aromatic rings. The average molecular weight is 262 g/mol. The number of aromatic nitrogens is 1. The molecule has 1 rings (SSSR count). The van der Waals surface area contributed by atoms with E-state index in [0.29, 0.717) is 0 Å². The van der Waals surface area contributed by atoms with Gasteiger partial charge in [-0.25, -0.2) is 4.98 Å². The molecule has 0 saturated carbocycles. The van der Waals surface area contributed by atoms with Crippen LogP contribution in [-0.4, -0.2) is 16.4 Å². The summed E-state index contributed by atoms with van der Waals surface area (Å²) in [4.78, 5) is 4.04. The van der Waals surface area contributed by atoms with E-state index in [9.17, 15) is 0 Å². The van der Waals surface area contributed by atoms with Crippen LogP contribution in [0.5, 0.6) is 0 Å². The van der Waals surface area contributed by atoms with E-state index >= 15 is 0 Å². The molecule has 0 atom stereocenters. The van der Waals surface area contributed by atoms with Gasteiger partial charge in [-0.05, 0) is 41.1 Å². The fourth-order valence-corrected chi connectivity index (χ4v) is 1.34. The van der Waals surface area contributed by atoms with Crippen LogP contribution in [0.4, 0.5) is 0 Å². The Hall–Kier alpha value is -0.650. The third-order valence-electron chi connectivity index (χ3n) is 1.31. The van der Waals surface area contributed by atoms with Crippen molar-refractivity contribution in [2.24, 2.45) is 5.16 Å². The van der Waals surface area contributed by atoms with E-state index in [0.717, 1.165) is 14.8 Å². The molecule has 4 heteroatoms. The summed E-state index contributed by atoms with van der Waals surface area (Å²) in [6.07, 6.45) is 3.05. The Morgan fingerprint density at radius 1 is 1.73 bits per heavy atom. The highest BCUT2D eigenvalue weighted by atomic mass is 127. The van der Waals surface area contributed by atoms with Gasteiger partial charge in [0.25, 0.3) is 0 Å². The monoisotopic (exact) mass is 262 g/mol. The van der Waals surface area contributed by atoms with Gasteiger partial charge in [0.2, 0.25) is 0 Å². The minimum absolute atomic E-state index is 0.841. The molecule has 58 valence electrons. The Labute approximate surface area is 78.3 Å². The Morgan fingerprint density at radius 2 is 2.45 bits per heavy atom. The van der Waals surface area contributed by atoms with Crippen molar-refractivity contribution in [2.75, 3.05) is 0 Å². The van der Waals surface area contributed by atoms with Gasteiger partial charge in [-0.2, -0.15) is 0 Å². The number of pyridine rings is 1. The third-order valence-corrected chi connectivity index (χ3v) is 1.90. The standard InChI is InChI=1S/C7H7IN2O/c1-5-2-7(8)9-3-6(5)4-10-11/h2-4,11H,1H3. The van der Waals surface area contributed by atoms with E-state index in [1.54, 1.807) is 6.20 Å². The smallest absolute Gasteiger partial charge is 0.101 e. The Bertz CT molecular complexity index is 286. The Kier molecular flexibility index (Phi) is 2.81. The molecule has 0 aliphatic carbocycles. The normalized spacial score (nSPS) is 10.7. The maximum absolute atomic E-state index is 8.25. The highest BCUT2D eigenvalue weighted by molar-refractivity contribution is 14.1. The zero-order valence-electron chi connectivity index (χ0n) is 5.95. The SMILES string of the molecule is Cc1cc(I)ncc1C=NO. The van der Waals surface area contributed by atoms with Crippen LogP contribution in [0, 0.1) is 10.6 Å². The van der Waals surface area contributed by atoms with Gasteiger partial charge in [-0.1, -0.05) is 5.16 Å². The minimum Gasteiger partial charge on any atom is -0.411 e. The first-order valence-corrected chi connectivity index (χ1v) is 4.11. The van der Waals surface area contributed by atoms with Crippen molar-refractivity contribution in [3.05, 3.63) is 27.1 Å². The quantitative estimate of drug-likeness (QED) is 0.276. The van der Waals surface area contributed by atoms with Gasteiger partial charge in [0.15, 0.2) is 0 Å². The largest absolute Gasteiger partial charge is 0.411 e. The van der Waals surface area contributed by atoms with Crippen LogP contribution in [0.3, 0.4) is 0 Å². The number of halogens is 1. The maximum Gasteiger partial charge on any atom is 0.101 e. The van der Waals surface area contributed by atoms with Crippen molar-refractivity contribution in [3.8, 4) is 0 Å². The van der Waals surface area contributed by atoms with Crippen molar-refractivity contribution in [2.45, 2.75) is 6.92 Å². The number of oxime groups is 1. The molecule has 0 fully saturated rings. The lowest BCUT2D eigenvalue weighted by Gasteiger charge is -1.97. The summed E-state index contributed by atoms with van der Waals surface area (Å²) in [5.74, 6) is 0. The molecule has 0 saturated heterocycles. The zero-order chi connectivity index (χ0) is 8.27. The fraction of sp³-hybridized carbons (Fsp3) is 0.143. The molecule has 1 N–H and O–H groups in total. The summed E-state index contributed by atoms with van der Waals surface area (Å²) in [6.45, 7) is 1.95. The highest BCUT2D eigenvalue weighted by Crippen LogP contribution is 2.07. The molecule has 1 aromatic heterocycles. The molecule has 0 aromatic carbocycles. The number of hydrogen-bond donors (Lipinski definition) is 1. The van der Waals surface area contributed by atoms with E-state index < -0.39 is 0 Å². The Morgan fingerprint density at radius 3 is 3.00 bits per heavy atom. The summed E-state index contributed by atoms with van der Waals surface area (Å²) in [5.41, 5.74) is 1.90. The predicted molar refractivity (Wildman–Crippen MR) is 51.1 cm³/mol. The van der Waals surface area contributed by atoms with Crippen LogP contribution in [0.25, 0.3) is 0 Å². The van der Waals surface area contributed by atoms with Crippen LogP contribution in [0.1, 0.15) is 11.1 Å². The van der Waals surface area contributed by atoms with Gasteiger partial charge in [-0.3, -0.25) is 0 Å². The van der Waals surface area contributed by atoms with Gasteiger partial charge in [0.05, 0.1) is 6.21 Å². The van der Waals surface area contributed by atoms with Crippen molar-refractivity contribution >= 4 is 28.8 Å². The summed E-state index contributed by atoms with van der Waals surface area (Å²) in [5, 5.41) is 11.2. The summed E-state index contributed by atoms with van der Waals surface area (Å²) in [7, 11) is 0. The van der Waals surface area contributed by atoms with Gasteiger partial charge in [0, 0.05) is 11.8 Å². The van der Waals surface area contributed by atoms with Crippen LogP contribution >= 0.6 is 22.6 Å². The topological polar surface area (TPSA) is 45.5 Å². The molecule has 0 aliphatic rings. The molecule has 0 spiro atoms. The van der Waals surface area contributed by atoms with Gasteiger partial charge >= 0.3 is 0 Å².